The minimum absolute atomic E-state index is 0.0648. The van der Waals surface area contributed by atoms with Gasteiger partial charge in [-0.1, -0.05) is 0 Å². The summed E-state index contributed by atoms with van der Waals surface area (Å²) >= 11 is 3.23. The monoisotopic (exact) mass is 332 g/mol. The van der Waals surface area contributed by atoms with Gasteiger partial charge in [0.25, 0.3) is 5.56 Å². The van der Waals surface area contributed by atoms with E-state index < -0.39 is 0 Å². The van der Waals surface area contributed by atoms with Crippen molar-refractivity contribution in [3.8, 4) is 0 Å². The van der Waals surface area contributed by atoms with Crippen LogP contribution in [0.15, 0.2) is 15.5 Å². The second-order valence-electron chi connectivity index (χ2n) is 3.74. The number of carbonyl (C=O) groups is 1. The molecule has 0 aliphatic heterocycles. The zero-order valence-electron chi connectivity index (χ0n) is 10.9. The summed E-state index contributed by atoms with van der Waals surface area (Å²) in [6, 6.07) is 0. The summed E-state index contributed by atoms with van der Waals surface area (Å²) in [6.45, 7) is 1.25. The molecule has 1 aromatic heterocycles. The van der Waals surface area contributed by atoms with Gasteiger partial charge in [0.05, 0.1) is 25.0 Å². The average molecular weight is 333 g/mol. The van der Waals surface area contributed by atoms with Gasteiger partial charge in [0.2, 0.25) is 5.91 Å². The summed E-state index contributed by atoms with van der Waals surface area (Å²) < 4.78 is 6.61. The maximum Gasteiger partial charge on any atom is 0.283 e. The number of ether oxygens (including phenoxy) is 1. The second-order valence-corrected chi connectivity index (χ2v) is 4.54. The number of rotatable bonds is 7. The lowest BCUT2D eigenvalue weighted by atomic mass is 10.3. The van der Waals surface area contributed by atoms with E-state index in [9.17, 15) is 9.59 Å². The van der Waals surface area contributed by atoms with Crippen molar-refractivity contribution in [1.29, 1.82) is 0 Å². The Kier molecular flexibility index (Phi) is 6.51. The zero-order chi connectivity index (χ0) is 14.3. The molecule has 1 rings (SSSR count). The van der Waals surface area contributed by atoms with Gasteiger partial charge in [-0.15, -0.1) is 0 Å². The van der Waals surface area contributed by atoms with Crippen LogP contribution in [0.3, 0.4) is 0 Å². The van der Waals surface area contributed by atoms with Crippen molar-refractivity contribution < 1.29 is 9.53 Å². The fourth-order valence-corrected chi connectivity index (χ4v) is 1.81. The van der Waals surface area contributed by atoms with Crippen LogP contribution in [-0.2, 0) is 16.1 Å². The molecule has 106 valence electrons. The van der Waals surface area contributed by atoms with Crippen molar-refractivity contribution >= 4 is 27.5 Å². The van der Waals surface area contributed by atoms with E-state index in [4.69, 9.17) is 4.74 Å². The van der Waals surface area contributed by atoms with Gasteiger partial charge in [-0.25, -0.2) is 4.68 Å². The zero-order valence-corrected chi connectivity index (χ0v) is 12.5. The van der Waals surface area contributed by atoms with E-state index >= 15 is 0 Å². The van der Waals surface area contributed by atoms with Crippen LogP contribution in [0.2, 0.25) is 0 Å². The molecule has 2 N–H and O–H groups in total. The summed E-state index contributed by atoms with van der Waals surface area (Å²) in [5.41, 5.74) is 0.338. The molecule has 1 aromatic rings. The normalized spacial score (nSPS) is 10.3. The van der Waals surface area contributed by atoms with E-state index in [0.29, 0.717) is 36.3 Å². The molecule has 7 nitrogen and oxygen atoms in total. The SMILES string of the molecule is CNC(=O)CCNc1cnn(CCOC)c(=O)c1Br. The first-order valence-corrected chi connectivity index (χ1v) is 6.58. The predicted molar refractivity (Wildman–Crippen MR) is 75.2 cm³/mol. The van der Waals surface area contributed by atoms with Crippen LogP contribution in [0.25, 0.3) is 0 Å². The van der Waals surface area contributed by atoms with Gasteiger partial charge in [-0.05, 0) is 15.9 Å². The van der Waals surface area contributed by atoms with E-state index in [1.54, 1.807) is 20.4 Å². The van der Waals surface area contributed by atoms with Crippen LogP contribution in [0, 0.1) is 0 Å². The summed E-state index contributed by atoms with van der Waals surface area (Å²) in [6.07, 6.45) is 1.88. The van der Waals surface area contributed by atoms with E-state index in [1.807, 2.05) is 0 Å². The minimum atomic E-state index is -0.234. The molecule has 0 bridgehead atoms. The fraction of sp³-hybridized carbons (Fsp3) is 0.545. The summed E-state index contributed by atoms with van der Waals surface area (Å²) in [7, 11) is 3.14. The first-order valence-electron chi connectivity index (χ1n) is 5.79. The number of aromatic nitrogens is 2. The maximum atomic E-state index is 11.9. The van der Waals surface area contributed by atoms with Crippen molar-refractivity contribution in [2.24, 2.45) is 0 Å². The molecule has 19 heavy (non-hydrogen) atoms. The predicted octanol–water partition coefficient (Wildman–Crippen LogP) is 0.200. The van der Waals surface area contributed by atoms with Gasteiger partial charge in [0.1, 0.15) is 4.47 Å². The Morgan fingerprint density at radius 2 is 2.32 bits per heavy atom. The van der Waals surface area contributed by atoms with E-state index in [2.05, 4.69) is 31.7 Å². The number of nitrogens with zero attached hydrogens (tertiary/aromatic N) is 2. The summed E-state index contributed by atoms with van der Waals surface area (Å²) in [5.74, 6) is -0.0648. The summed E-state index contributed by atoms with van der Waals surface area (Å²) in [5, 5.41) is 9.54. The van der Waals surface area contributed by atoms with Crippen LogP contribution in [0.4, 0.5) is 5.69 Å². The lowest BCUT2D eigenvalue weighted by Gasteiger charge is -2.09. The minimum Gasteiger partial charge on any atom is -0.383 e. The Bertz CT molecular complexity index is 489. The third kappa shape index (κ3) is 4.64. The molecule has 1 amide bonds. The number of anilines is 1. The van der Waals surface area contributed by atoms with E-state index in [0.717, 1.165) is 0 Å². The third-order valence-corrected chi connectivity index (χ3v) is 3.20. The molecule has 8 heteroatoms. The van der Waals surface area contributed by atoms with Crippen LogP contribution < -0.4 is 16.2 Å². The number of carbonyl (C=O) groups excluding carboxylic acids is 1. The fourth-order valence-electron chi connectivity index (χ4n) is 1.36. The Morgan fingerprint density at radius 3 is 2.95 bits per heavy atom. The van der Waals surface area contributed by atoms with Gasteiger partial charge in [-0.3, -0.25) is 9.59 Å². The molecular weight excluding hydrogens is 316 g/mol. The Labute approximate surface area is 119 Å². The first kappa shape index (κ1) is 15.6. The highest BCUT2D eigenvalue weighted by molar-refractivity contribution is 9.10. The van der Waals surface area contributed by atoms with Gasteiger partial charge in [0, 0.05) is 27.1 Å². The molecular formula is C11H17BrN4O3. The van der Waals surface area contributed by atoms with Crippen LogP contribution >= 0.6 is 15.9 Å². The van der Waals surface area contributed by atoms with Gasteiger partial charge in [-0.2, -0.15) is 5.10 Å². The number of amides is 1. The smallest absolute Gasteiger partial charge is 0.283 e. The van der Waals surface area contributed by atoms with Crippen molar-refractivity contribution in [3.05, 3.63) is 21.0 Å². The van der Waals surface area contributed by atoms with Gasteiger partial charge in [0.15, 0.2) is 0 Å². The standard InChI is InChI=1S/C11H17BrN4O3/c1-13-9(17)3-4-14-8-7-15-16(5-6-19-2)11(18)10(8)12/h7,14H,3-6H2,1-2H3,(H,13,17). The quantitative estimate of drug-likeness (QED) is 0.745. The molecule has 0 aromatic carbocycles. The Balaban J connectivity index is 2.68. The molecule has 0 radical (unpaired) electrons. The molecule has 0 aliphatic rings. The molecule has 0 saturated heterocycles. The molecule has 0 fully saturated rings. The molecule has 1 heterocycles. The average Bonchev–Trinajstić information content (AvgIpc) is 2.42. The number of hydrogen-bond acceptors (Lipinski definition) is 5. The molecule has 0 saturated carbocycles. The highest BCUT2D eigenvalue weighted by atomic mass is 79.9. The number of methoxy groups -OCH3 is 1. The second kappa shape index (κ2) is 7.90. The van der Waals surface area contributed by atoms with Gasteiger partial charge < -0.3 is 15.4 Å². The largest absolute Gasteiger partial charge is 0.383 e. The van der Waals surface area contributed by atoms with Crippen molar-refractivity contribution in [2.75, 3.05) is 32.6 Å². The molecule has 0 aliphatic carbocycles. The van der Waals surface area contributed by atoms with Crippen LogP contribution in [0.5, 0.6) is 0 Å². The molecule has 0 atom stereocenters. The van der Waals surface area contributed by atoms with Gasteiger partial charge >= 0.3 is 0 Å². The number of nitrogens with one attached hydrogen (secondary N) is 2. The van der Waals surface area contributed by atoms with E-state index in [1.165, 1.54) is 4.68 Å². The summed E-state index contributed by atoms with van der Waals surface area (Å²) in [4.78, 5) is 23.0. The van der Waals surface area contributed by atoms with E-state index in [-0.39, 0.29) is 11.5 Å². The van der Waals surface area contributed by atoms with Crippen LogP contribution in [-0.4, -0.2) is 43.0 Å². The maximum absolute atomic E-state index is 11.9. The van der Waals surface area contributed by atoms with Crippen LogP contribution in [0.1, 0.15) is 6.42 Å². The number of hydrogen-bond donors (Lipinski definition) is 2. The first-order chi connectivity index (χ1) is 9.10. The molecule has 0 unspecified atom stereocenters. The van der Waals surface area contributed by atoms with Crippen molar-refractivity contribution in [1.82, 2.24) is 15.1 Å². The highest BCUT2D eigenvalue weighted by Crippen LogP contribution is 2.15. The lowest BCUT2D eigenvalue weighted by molar-refractivity contribution is -0.120. The topological polar surface area (TPSA) is 85.2 Å². The Hall–Kier alpha value is -1.41. The Morgan fingerprint density at radius 1 is 1.58 bits per heavy atom. The lowest BCUT2D eigenvalue weighted by Crippen LogP contribution is -2.27. The number of halogens is 1. The molecule has 0 spiro atoms. The third-order valence-electron chi connectivity index (χ3n) is 2.44. The highest BCUT2D eigenvalue weighted by Gasteiger charge is 2.08. The van der Waals surface area contributed by atoms with Crippen molar-refractivity contribution in [3.63, 3.8) is 0 Å². The van der Waals surface area contributed by atoms with Crippen molar-refractivity contribution in [2.45, 2.75) is 13.0 Å².